The number of alkyl halides is 3. The van der Waals surface area contributed by atoms with Crippen molar-refractivity contribution in [1.82, 2.24) is 15.0 Å². The van der Waals surface area contributed by atoms with Crippen LogP contribution in [0.25, 0.3) is 0 Å². The zero-order valence-electron chi connectivity index (χ0n) is 8.75. The minimum absolute atomic E-state index is 0.0280. The van der Waals surface area contributed by atoms with Gasteiger partial charge in [-0.15, -0.1) is 16.7 Å². The van der Waals surface area contributed by atoms with Crippen molar-refractivity contribution in [2.24, 2.45) is 0 Å². The molecule has 1 heterocycles. The van der Waals surface area contributed by atoms with Gasteiger partial charge >= 0.3 is 0 Å². The number of hydrogen-bond donors (Lipinski definition) is 0. The summed E-state index contributed by atoms with van der Waals surface area (Å²) in [4.78, 5) is 0. The summed E-state index contributed by atoms with van der Waals surface area (Å²) < 4.78 is 26.9. The molecule has 1 aromatic heterocycles. The standard InChI is InChI=1S/C9H14ClF2N3/c1-3-6(4-2)15-8(9(11)12)7(5-10)13-14-15/h6,9H,3-5H2,1-2H3. The molecular weight excluding hydrogens is 224 g/mol. The normalized spacial score (nSPS) is 11.7. The van der Waals surface area contributed by atoms with E-state index < -0.39 is 6.43 Å². The third-order valence-corrected chi connectivity index (χ3v) is 2.68. The van der Waals surface area contributed by atoms with Crippen LogP contribution in [-0.2, 0) is 5.88 Å². The summed E-state index contributed by atoms with van der Waals surface area (Å²) in [5, 5.41) is 7.43. The van der Waals surface area contributed by atoms with Gasteiger partial charge in [0.2, 0.25) is 0 Å². The van der Waals surface area contributed by atoms with E-state index in [2.05, 4.69) is 10.3 Å². The van der Waals surface area contributed by atoms with Crippen molar-refractivity contribution in [2.75, 3.05) is 0 Å². The Hall–Kier alpha value is -0.710. The monoisotopic (exact) mass is 237 g/mol. The Bertz CT molecular complexity index is 310. The van der Waals surface area contributed by atoms with Crippen molar-refractivity contribution >= 4 is 11.6 Å². The molecule has 0 aliphatic heterocycles. The molecule has 0 atom stereocenters. The topological polar surface area (TPSA) is 30.7 Å². The van der Waals surface area contributed by atoms with Crippen LogP contribution >= 0.6 is 11.6 Å². The molecule has 0 radical (unpaired) electrons. The molecule has 6 heteroatoms. The fourth-order valence-electron chi connectivity index (χ4n) is 1.56. The highest BCUT2D eigenvalue weighted by molar-refractivity contribution is 6.16. The highest BCUT2D eigenvalue weighted by Crippen LogP contribution is 2.27. The average molecular weight is 238 g/mol. The Morgan fingerprint density at radius 2 is 1.93 bits per heavy atom. The highest BCUT2D eigenvalue weighted by atomic mass is 35.5. The van der Waals surface area contributed by atoms with Gasteiger partial charge in [-0.1, -0.05) is 19.1 Å². The summed E-state index contributed by atoms with van der Waals surface area (Å²) in [6.07, 6.45) is -1.07. The summed E-state index contributed by atoms with van der Waals surface area (Å²) in [5.41, 5.74) is 0.0391. The molecule has 0 amide bonds. The lowest BCUT2D eigenvalue weighted by molar-refractivity contribution is 0.134. The number of hydrogen-bond acceptors (Lipinski definition) is 2. The highest BCUT2D eigenvalue weighted by Gasteiger charge is 2.24. The van der Waals surface area contributed by atoms with Crippen molar-refractivity contribution in [1.29, 1.82) is 0 Å². The summed E-state index contributed by atoms with van der Waals surface area (Å²) in [5.74, 6) is -0.0280. The van der Waals surface area contributed by atoms with Gasteiger partial charge < -0.3 is 0 Å². The van der Waals surface area contributed by atoms with E-state index in [1.54, 1.807) is 0 Å². The lowest BCUT2D eigenvalue weighted by Gasteiger charge is -2.15. The van der Waals surface area contributed by atoms with Gasteiger partial charge in [0.05, 0.1) is 11.9 Å². The molecule has 0 saturated heterocycles. The molecule has 3 nitrogen and oxygen atoms in total. The molecule has 0 fully saturated rings. The van der Waals surface area contributed by atoms with Crippen molar-refractivity contribution < 1.29 is 8.78 Å². The molecule has 0 bridgehead atoms. The Morgan fingerprint density at radius 1 is 1.33 bits per heavy atom. The van der Waals surface area contributed by atoms with Gasteiger partial charge in [-0.3, -0.25) is 0 Å². The van der Waals surface area contributed by atoms with E-state index in [-0.39, 0.29) is 23.3 Å². The third kappa shape index (κ3) is 2.45. The van der Waals surface area contributed by atoms with Gasteiger partial charge in [0.15, 0.2) is 0 Å². The molecule has 0 spiro atoms. The van der Waals surface area contributed by atoms with E-state index in [4.69, 9.17) is 11.6 Å². The Kier molecular flexibility index (Phi) is 4.45. The van der Waals surface area contributed by atoms with Crippen LogP contribution in [0, 0.1) is 0 Å². The first-order valence-electron chi connectivity index (χ1n) is 4.93. The fraction of sp³-hybridized carbons (Fsp3) is 0.778. The molecule has 0 saturated carbocycles. The van der Waals surface area contributed by atoms with Crippen molar-refractivity contribution in [3.05, 3.63) is 11.4 Å². The van der Waals surface area contributed by atoms with E-state index in [0.717, 1.165) is 12.8 Å². The van der Waals surface area contributed by atoms with Crippen LogP contribution in [-0.4, -0.2) is 15.0 Å². The summed E-state index contributed by atoms with van der Waals surface area (Å²) in [7, 11) is 0. The van der Waals surface area contributed by atoms with Crippen LogP contribution in [0.4, 0.5) is 8.78 Å². The largest absolute Gasteiger partial charge is 0.281 e. The first-order valence-corrected chi connectivity index (χ1v) is 5.47. The van der Waals surface area contributed by atoms with E-state index in [9.17, 15) is 8.78 Å². The summed E-state index contributed by atoms with van der Waals surface area (Å²) in [6, 6.07) is -0.0292. The lowest BCUT2D eigenvalue weighted by Crippen LogP contribution is -2.13. The van der Waals surface area contributed by atoms with Gasteiger partial charge in [-0.05, 0) is 12.8 Å². The van der Waals surface area contributed by atoms with Gasteiger partial charge in [0.25, 0.3) is 6.43 Å². The number of halogens is 3. The van der Waals surface area contributed by atoms with Crippen LogP contribution < -0.4 is 0 Å². The maximum absolute atomic E-state index is 12.8. The molecular formula is C9H14ClF2N3. The van der Waals surface area contributed by atoms with Crippen molar-refractivity contribution in [3.8, 4) is 0 Å². The maximum Gasteiger partial charge on any atom is 0.281 e. The molecule has 0 aliphatic rings. The zero-order chi connectivity index (χ0) is 11.4. The smallest absolute Gasteiger partial charge is 0.240 e. The molecule has 0 aromatic carbocycles. The minimum Gasteiger partial charge on any atom is -0.240 e. The summed E-state index contributed by atoms with van der Waals surface area (Å²) in [6.45, 7) is 3.87. The quantitative estimate of drug-likeness (QED) is 0.736. The Balaban J connectivity index is 3.11. The van der Waals surface area contributed by atoms with Gasteiger partial charge in [-0.2, -0.15) is 0 Å². The second-order valence-corrected chi connectivity index (χ2v) is 3.54. The van der Waals surface area contributed by atoms with Crippen LogP contribution in [0.3, 0.4) is 0 Å². The molecule has 86 valence electrons. The molecule has 0 aliphatic carbocycles. The Labute approximate surface area is 92.4 Å². The lowest BCUT2D eigenvalue weighted by atomic mass is 10.1. The maximum atomic E-state index is 12.8. The second-order valence-electron chi connectivity index (χ2n) is 3.27. The molecule has 15 heavy (non-hydrogen) atoms. The van der Waals surface area contributed by atoms with E-state index in [1.807, 2.05) is 13.8 Å². The number of rotatable bonds is 5. The van der Waals surface area contributed by atoms with Crippen molar-refractivity contribution in [3.63, 3.8) is 0 Å². The molecule has 0 unspecified atom stereocenters. The third-order valence-electron chi connectivity index (χ3n) is 2.43. The minimum atomic E-state index is -2.57. The zero-order valence-corrected chi connectivity index (χ0v) is 9.51. The van der Waals surface area contributed by atoms with E-state index >= 15 is 0 Å². The van der Waals surface area contributed by atoms with Gasteiger partial charge in [0.1, 0.15) is 11.4 Å². The molecule has 0 N–H and O–H groups in total. The SMILES string of the molecule is CCC(CC)n1nnc(CCl)c1C(F)F. The average Bonchev–Trinajstić information content (AvgIpc) is 2.63. The first-order chi connectivity index (χ1) is 7.15. The number of nitrogens with zero attached hydrogens (tertiary/aromatic N) is 3. The van der Waals surface area contributed by atoms with Crippen LogP contribution in [0.15, 0.2) is 0 Å². The van der Waals surface area contributed by atoms with Crippen LogP contribution in [0.1, 0.15) is 50.5 Å². The first kappa shape index (κ1) is 12.4. The van der Waals surface area contributed by atoms with Gasteiger partial charge in [0, 0.05) is 0 Å². The predicted molar refractivity (Wildman–Crippen MR) is 54.2 cm³/mol. The number of aromatic nitrogens is 3. The second kappa shape index (κ2) is 5.39. The fourth-order valence-corrected chi connectivity index (χ4v) is 1.75. The van der Waals surface area contributed by atoms with Crippen LogP contribution in [0.5, 0.6) is 0 Å². The Morgan fingerprint density at radius 3 is 2.33 bits per heavy atom. The summed E-state index contributed by atoms with van der Waals surface area (Å²) >= 11 is 5.53. The van der Waals surface area contributed by atoms with Crippen LogP contribution in [0.2, 0.25) is 0 Å². The molecule has 1 rings (SSSR count). The molecule has 1 aromatic rings. The van der Waals surface area contributed by atoms with Gasteiger partial charge in [-0.25, -0.2) is 13.5 Å². The van der Waals surface area contributed by atoms with E-state index in [0.29, 0.717) is 0 Å². The van der Waals surface area contributed by atoms with Crippen molar-refractivity contribution in [2.45, 2.75) is 45.0 Å². The van der Waals surface area contributed by atoms with E-state index in [1.165, 1.54) is 4.68 Å². The predicted octanol–water partition coefficient (Wildman–Crippen LogP) is 3.32.